The largest absolute Gasteiger partial charge is 0.508 e. The quantitative estimate of drug-likeness (QED) is 0.0389. The van der Waals surface area contributed by atoms with Crippen LogP contribution in [0.5, 0.6) is 11.5 Å². The molecule has 4 aromatic rings. The van der Waals surface area contributed by atoms with Gasteiger partial charge in [0.2, 0.25) is 15.9 Å². The van der Waals surface area contributed by atoms with E-state index in [-0.39, 0.29) is 36.2 Å². The Morgan fingerprint density at radius 2 is 1.48 bits per heavy atom. The molecule has 0 heterocycles. The highest BCUT2D eigenvalue weighted by Gasteiger charge is 2.23. The van der Waals surface area contributed by atoms with Crippen molar-refractivity contribution in [3.05, 3.63) is 124 Å². The molecular weight excluding hydrogens is 725 g/mol. The van der Waals surface area contributed by atoms with Crippen molar-refractivity contribution in [2.45, 2.75) is 103 Å². The second-order valence-corrected chi connectivity index (χ2v) is 17.9. The van der Waals surface area contributed by atoms with Crippen LogP contribution < -0.4 is 15.4 Å². The third-order valence-corrected chi connectivity index (χ3v) is 10.7. The van der Waals surface area contributed by atoms with Gasteiger partial charge in [-0.3, -0.25) is 14.4 Å². The molecule has 0 unspecified atom stereocenters. The Bertz CT molecular complexity index is 1980. The van der Waals surface area contributed by atoms with E-state index in [0.29, 0.717) is 36.4 Å². The molecule has 4 aromatic carbocycles. The molecule has 0 spiro atoms. The lowest BCUT2D eigenvalue weighted by atomic mass is 9.86. The van der Waals surface area contributed by atoms with Gasteiger partial charge in [-0.05, 0) is 120 Å². The summed E-state index contributed by atoms with van der Waals surface area (Å²) in [6.45, 7) is 14.6. The molecule has 304 valence electrons. The standard InChI is InChI=1S/C45H62N4O6S/c1-31(2)49(32(3)4)24-22-38(36-16-9-8-10-17-36)39-26-33(18-20-41(39)50)15-12-23-46-44(53)27-34-13-11-14-35(25-34)29-45(5,6)47-30-43(52)37-19-21-42(51)40(28-37)48-56(7,54)55/h8-11,13-14,16-21,25-26,28,31-32,38,43,47-48,50-52H,12,15,22-24,27,29-30H2,1-7H3,(H,46,53)/t38-,43+/m1/s1. The van der Waals surface area contributed by atoms with Crippen molar-refractivity contribution in [1.29, 1.82) is 0 Å². The maximum atomic E-state index is 13.0. The Kier molecular flexibility index (Phi) is 15.9. The Balaban J connectivity index is 1.29. The van der Waals surface area contributed by atoms with Crippen LogP contribution in [0.3, 0.4) is 0 Å². The van der Waals surface area contributed by atoms with E-state index in [2.05, 4.69) is 78.3 Å². The van der Waals surface area contributed by atoms with Crippen molar-refractivity contribution in [2.24, 2.45) is 0 Å². The van der Waals surface area contributed by atoms with Crippen molar-refractivity contribution in [3.8, 4) is 11.5 Å². The number of hydrogen-bond acceptors (Lipinski definition) is 8. The van der Waals surface area contributed by atoms with E-state index in [4.69, 9.17) is 0 Å². The SMILES string of the molecule is CC(C)N(CC[C@H](c1ccccc1)c1cc(CCCNC(=O)Cc2cccc(CC(C)(C)NC[C@H](O)c3ccc(O)c(NS(C)(=O)=O)c3)c2)ccc1O)C(C)C. The Morgan fingerprint density at radius 1 is 0.804 bits per heavy atom. The first-order chi connectivity index (χ1) is 26.4. The van der Waals surface area contributed by atoms with E-state index in [1.807, 2.05) is 50.2 Å². The maximum absolute atomic E-state index is 13.0. The fourth-order valence-corrected chi connectivity index (χ4v) is 7.90. The molecule has 0 saturated heterocycles. The van der Waals surface area contributed by atoms with Gasteiger partial charge in [-0.2, -0.15) is 0 Å². The number of phenols is 2. The summed E-state index contributed by atoms with van der Waals surface area (Å²) < 4.78 is 25.6. The lowest BCUT2D eigenvalue weighted by Crippen LogP contribution is -2.43. The smallest absolute Gasteiger partial charge is 0.229 e. The average Bonchev–Trinajstić information content (AvgIpc) is 3.12. The minimum atomic E-state index is -3.60. The van der Waals surface area contributed by atoms with Gasteiger partial charge in [0, 0.05) is 42.2 Å². The van der Waals surface area contributed by atoms with E-state index in [1.165, 1.54) is 17.7 Å². The average molecular weight is 787 g/mol. The first-order valence-electron chi connectivity index (χ1n) is 19.6. The predicted molar refractivity (Wildman–Crippen MR) is 227 cm³/mol. The monoisotopic (exact) mass is 786 g/mol. The van der Waals surface area contributed by atoms with E-state index >= 15 is 0 Å². The number of benzene rings is 4. The molecule has 0 aromatic heterocycles. The number of β-amino-alcohol motifs (C(OH)–C–C–N with tert-alkyl or cyclic N) is 1. The number of amides is 1. The van der Waals surface area contributed by atoms with Crippen LogP contribution in [0.15, 0.2) is 91.0 Å². The molecule has 2 atom stereocenters. The van der Waals surface area contributed by atoms with Gasteiger partial charge in [0.1, 0.15) is 11.5 Å². The normalized spacial score (nSPS) is 13.3. The lowest BCUT2D eigenvalue weighted by Gasteiger charge is -2.32. The zero-order chi connectivity index (χ0) is 41.0. The highest BCUT2D eigenvalue weighted by Crippen LogP contribution is 2.35. The van der Waals surface area contributed by atoms with Gasteiger partial charge in [0.25, 0.3) is 0 Å². The Hall–Kier alpha value is -4.42. The molecule has 0 fully saturated rings. The molecule has 0 saturated carbocycles. The number of anilines is 1. The number of carbonyl (C=O) groups is 1. The number of phenolic OH excluding ortho intramolecular Hbond substituents is 2. The minimum Gasteiger partial charge on any atom is -0.508 e. The molecule has 1 amide bonds. The second-order valence-electron chi connectivity index (χ2n) is 16.1. The Morgan fingerprint density at radius 3 is 2.16 bits per heavy atom. The minimum absolute atomic E-state index is 0.00846. The first kappa shape index (κ1) is 44.3. The van der Waals surface area contributed by atoms with Gasteiger partial charge < -0.3 is 26.0 Å². The van der Waals surface area contributed by atoms with Gasteiger partial charge in [-0.1, -0.05) is 72.8 Å². The molecule has 4 rings (SSSR count). The van der Waals surface area contributed by atoms with Crippen LogP contribution in [-0.2, 0) is 34.1 Å². The molecule has 56 heavy (non-hydrogen) atoms. The number of aromatic hydroxyl groups is 2. The molecule has 0 aliphatic rings. The predicted octanol–water partition coefficient (Wildman–Crippen LogP) is 7.05. The summed E-state index contributed by atoms with van der Waals surface area (Å²) in [6.07, 6.45) is 3.39. The van der Waals surface area contributed by atoms with Crippen molar-refractivity contribution in [1.82, 2.24) is 15.5 Å². The summed E-state index contributed by atoms with van der Waals surface area (Å²) in [7, 11) is -3.60. The fourth-order valence-electron chi connectivity index (χ4n) is 7.34. The van der Waals surface area contributed by atoms with E-state index < -0.39 is 21.7 Å². The fraction of sp³-hybridized carbons (Fsp3) is 0.444. The molecule has 10 nitrogen and oxygen atoms in total. The number of sulfonamides is 1. The van der Waals surface area contributed by atoms with E-state index in [9.17, 15) is 28.5 Å². The third kappa shape index (κ3) is 14.0. The van der Waals surface area contributed by atoms with Gasteiger partial charge in [0.15, 0.2) is 0 Å². The topological polar surface area (TPSA) is 151 Å². The lowest BCUT2D eigenvalue weighted by molar-refractivity contribution is -0.120. The van der Waals surface area contributed by atoms with Gasteiger partial charge in [0.05, 0.1) is 24.5 Å². The number of nitrogens with zero attached hydrogens (tertiary/aromatic N) is 1. The van der Waals surface area contributed by atoms with Crippen LogP contribution in [-0.4, -0.2) is 78.1 Å². The van der Waals surface area contributed by atoms with E-state index in [1.54, 1.807) is 12.1 Å². The van der Waals surface area contributed by atoms with Gasteiger partial charge >= 0.3 is 0 Å². The zero-order valence-electron chi connectivity index (χ0n) is 34.0. The van der Waals surface area contributed by atoms with Crippen LogP contribution in [0.1, 0.15) is 99.8 Å². The van der Waals surface area contributed by atoms with Gasteiger partial charge in [-0.25, -0.2) is 8.42 Å². The number of rotatable bonds is 21. The number of aryl methyl sites for hydroxylation is 1. The maximum Gasteiger partial charge on any atom is 0.229 e. The van der Waals surface area contributed by atoms with Crippen LogP contribution in [0.4, 0.5) is 5.69 Å². The zero-order valence-corrected chi connectivity index (χ0v) is 34.9. The number of hydrogen-bond donors (Lipinski definition) is 6. The van der Waals surface area contributed by atoms with Crippen molar-refractivity contribution in [2.75, 3.05) is 30.6 Å². The Labute approximate surface area is 334 Å². The van der Waals surface area contributed by atoms with Crippen LogP contribution >= 0.6 is 0 Å². The summed E-state index contributed by atoms with van der Waals surface area (Å²) in [4.78, 5) is 15.5. The number of nitrogens with one attached hydrogen (secondary N) is 3. The molecule has 11 heteroatoms. The summed E-state index contributed by atoms with van der Waals surface area (Å²) in [6, 6.07) is 29.5. The van der Waals surface area contributed by atoms with Crippen molar-refractivity contribution < 1.29 is 28.5 Å². The summed E-state index contributed by atoms with van der Waals surface area (Å²) in [5.74, 6) is 0.0999. The van der Waals surface area contributed by atoms with Crippen molar-refractivity contribution in [3.63, 3.8) is 0 Å². The molecule has 0 aliphatic heterocycles. The summed E-state index contributed by atoms with van der Waals surface area (Å²) in [5, 5.41) is 38.4. The number of carbonyl (C=O) groups excluding carboxylic acids is 1. The van der Waals surface area contributed by atoms with Crippen molar-refractivity contribution >= 4 is 21.6 Å². The molecule has 0 bridgehead atoms. The van der Waals surface area contributed by atoms with E-state index in [0.717, 1.165) is 54.3 Å². The summed E-state index contributed by atoms with van der Waals surface area (Å²) in [5.41, 5.74) is 5.27. The highest BCUT2D eigenvalue weighted by molar-refractivity contribution is 7.92. The molecule has 0 radical (unpaired) electrons. The van der Waals surface area contributed by atoms with Crippen LogP contribution in [0.2, 0.25) is 0 Å². The first-order valence-corrected chi connectivity index (χ1v) is 21.5. The van der Waals surface area contributed by atoms with Crippen LogP contribution in [0.25, 0.3) is 0 Å². The summed E-state index contributed by atoms with van der Waals surface area (Å²) >= 11 is 0. The van der Waals surface area contributed by atoms with Gasteiger partial charge in [-0.15, -0.1) is 0 Å². The molecule has 6 N–H and O–H groups in total. The number of aliphatic hydroxyl groups excluding tert-OH is 1. The number of aliphatic hydroxyl groups is 1. The third-order valence-electron chi connectivity index (χ3n) is 10.1. The molecule has 0 aliphatic carbocycles. The second kappa shape index (κ2) is 20.1. The highest BCUT2D eigenvalue weighted by atomic mass is 32.2. The van der Waals surface area contributed by atoms with Crippen LogP contribution in [0, 0.1) is 0 Å². The molecular formula is C45H62N4O6S.